The molecular formula is C15H18N2O. The highest BCUT2D eigenvalue weighted by atomic mass is 16.5. The van der Waals surface area contributed by atoms with Crippen LogP contribution in [0.5, 0.6) is 5.75 Å². The topological polar surface area (TPSA) is 47.3 Å². The third-order valence-electron chi connectivity index (χ3n) is 2.92. The van der Waals surface area contributed by atoms with E-state index in [-0.39, 0.29) is 0 Å². The van der Waals surface area contributed by atoms with Crippen LogP contribution >= 0.6 is 0 Å². The number of para-hydroxylation sites is 1. The molecular weight excluding hydrogens is 224 g/mol. The first kappa shape index (κ1) is 12.3. The van der Waals surface area contributed by atoms with Gasteiger partial charge in [-0.3, -0.25) is 0 Å². The fourth-order valence-corrected chi connectivity index (χ4v) is 1.87. The van der Waals surface area contributed by atoms with Crippen LogP contribution in [0, 0.1) is 6.92 Å². The Labute approximate surface area is 108 Å². The second kappa shape index (κ2) is 5.45. The summed E-state index contributed by atoms with van der Waals surface area (Å²) in [6.07, 6.45) is 0. The number of hydrogen-bond acceptors (Lipinski definition) is 3. The Hall–Kier alpha value is -2.16. The number of rotatable bonds is 4. The summed E-state index contributed by atoms with van der Waals surface area (Å²) in [5.41, 5.74) is 9.92. The molecule has 0 aromatic heterocycles. The highest BCUT2D eigenvalue weighted by molar-refractivity contribution is 5.59. The largest absolute Gasteiger partial charge is 0.496 e. The molecule has 0 unspecified atom stereocenters. The fraction of sp³-hybridized carbons (Fsp3) is 0.200. The maximum absolute atomic E-state index is 5.79. The van der Waals surface area contributed by atoms with E-state index in [2.05, 4.69) is 12.2 Å². The van der Waals surface area contributed by atoms with Crippen LogP contribution in [0.2, 0.25) is 0 Å². The van der Waals surface area contributed by atoms with Gasteiger partial charge in [-0.05, 0) is 30.7 Å². The molecule has 3 nitrogen and oxygen atoms in total. The summed E-state index contributed by atoms with van der Waals surface area (Å²) in [6.45, 7) is 2.78. The van der Waals surface area contributed by atoms with Gasteiger partial charge in [-0.15, -0.1) is 0 Å². The van der Waals surface area contributed by atoms with E-state index in [1.807, 2.05) is 42.5 Å². The zero-order valence-corrected chi connectivity index (χ0v) is 10.7. The Kier molecular flexibility index (Phi) is 3.72. The van der Waals surface area contributed by atoms with Gasteiger partial charge in [0.25, 0.3) is 0 Å². The smallest absolute Gasteiger partial charge is 0.123 e. The Balaban J connectivity index is 2.14. The Morgan fingerprint density at radius 1 is 1.17 bits per heavy atom. The lowest BCUT2D eigenvalue weighted by Crippen LogP contribution is -2.03. The van der Waals surface area contributed by atoms with Crippen molar-refractivity contribution in [2.75, 3.05) is 18.2 Å². The standard InChI is InChI=1S/C15H18N2O/c1-11-7-8-13(16)9-14(11)17-10-12-5-3-4-6-15(12)18-2/h3-9,17H,10,16H2,1-2H3. The molecule has 0 saturated carbocycles. The normalized spacial score (nSPS) is 10.1. The number of nitrogens with two attached hydrogens (primary N) is 1. The van der Waals surface area contributed by atoms with E-state index in [4.69, 9.17) is 10.5 Å². The molecule has 0 fully saturated rings. The zero-order chi connectivity index (χ0) is 13.0. The van der Waals surface area contributed by atoms with Gasteiger partial charge in [0, 0.05) is 23.5 Å². The second-order valence-electron chi connectivity index (χ2n) is 4.24. The minimum atomic E-state index is 0.717. The first-order chi connectivity index (χ1) is 8.70. The van der Waals surface area contributed by atoms with Gasteiger partial charge in [0.1, 0.15) is 5.75 Å². The lowest BCUT2D eigenvalue weighted by Gasteiger charge is -2.12. The van der Waals surface area contributed by atoms with Crippen LogP contribution in [-0.4, -0.2) is 7.11 Å². The molecule has 0 heterocycles. The molecule has 94 valence electrons. The molecule has 3 heteroatoms. The van der Waals surface area contributed by atoms with Crippen LogP contribution in [0.25, 0.3) is 0 Å². The van der Waals surface area contributed by atoms with Gasteiger partial charge in [0.15, 0.2) is 0 Å². The van der Waals surface area contributed by atoms with Crippen molar-refractivity contribution in [3.05, 3.63) is 53.6 Å². The monoisotopic (exact) mass is 242 g/mol. The van der Waals surface area contributed by atoms with Crippen LogP contribution in [-0.2, 0) is 6.54 Å². The van der Waals surface area contributed by atoms with E-state index in [1.165, 1.54) is 5.56 Å². The number of methoxy groups -OCH3 is 1. The van der Waals surface area contributed by atoms with Crippen molar-refractivity contribution in [3.63, 3.8) is 0 Å². The molecule has 0 atom stereocenters. The Bertz CT molecular complexity index is 538. The van der Waals surface area contributed by atoms with Gasteiger partial charge in [0.05, 0.1) is 7.11 Å². The molecule has 2 aromatic carbocycles. The Morgan fingerprint density at radius 2 is 1.94 bits per heavy atom. The highest BCUT2D eigenvalue weighted by Gasteiger charge is 2.03. The number of anilines is 2. The summed E-state index contributed by atoms with van der Waals surface area (Å²) in [5, 5.41) is 3.38. The number of aryl methyl sites for hydroxylation is 1. The molecule has 0 aliphatic carbocycles. The predicted octanol–water partition coefficient (Wildman–Crippen LogP) is 3.20. The molecule has 18 heavy (non-hydrogen) atoms. The van der Waals surface area contributed by atoms with Crippen molar-refractivity contribution in [2.24, 2.45) is 0 Å². The summed E-state index contributed by atoms with van der Waals surface area (Å²) in [7, 11) is 1.69. The van der Waals surface area contributed by atoms with Crippen LogP contribution in [0.15, 0.2) is 42.5 Å². The number of benzene rings is 2. The van der Waals surface area contributed by atoms with E-state index in [9.17, 15) is 0 Å². The van der Waals surface area contributed by atoms with Gasteiger partial charge in [-0.25, -0.2) is 0 Å². The zero-order valence-electron chi connectivity index (χ0n) is 10.7. The second-order valence-corrected chi connectivity index (χ2v) is 4.24. The minimum absolute atomic E-state index is 0.717. The fourth-order valence-electron chi connectivity index (χ4n) is 1.87. The number of nitrogen functional groups attached to an aromatic ring is 1. The highest BCUT2D eigenvalue weighted by Crippen LogP contribution is 2.22. The van der Waals surface area contributed by atoms with E-state index >= 15 is 0 Å². The SMILES string of the molecule is COc1ccccc1CNc1cc(N)ccc1C. The van der Waals surface area contributed by atoms with E-state index in [1.54, 1.807) is 7.11 Å². The van der Waals surface area contributed by atoms with Crippen molar-refractivity contribution in [1.29, 1.82) is 0 Å². The van der Waals surface area contributed by atoms with Crippen molar-refractivity contribution in [2.45, 2.75) is 13.5 Å². The quantitative estimate of drug-likeness (QED) is 0.809. The lowest BCUT2D eigenvalue weighted by atomic mass is 10.1. The molecule has 0 aliphatic heterocycles. The van der Waals surface area contributed by atoms with Crippen molar-refractivity contribution < 1.29 is 4.74 Å². The number of nitrogens with one attached hydrogen (secondary N) is 1. The summed E-state index contributed by atoms with van der Waals surface area (Å²) in [4.78, 5) is 0. The van der Waals surface area contributed by atoms with Crippen LogP contribution in [0.3, 0.4) is 0 Å². The van der Waals surface area contributed by atoms with E-state index < -0.39 is 0 Å². The van der Waals surface area contributed by atoms with Gasteiger partial charge in [-0.2, -0.15) is 0 Å². The first-order valence-electron chi connectivity index (χ1n) is 5.92. The average molecular weight is 242 g/mol. The van der Waals surface area contributed by atoms with E-state index in [0.717, 1.165) is 22.7 Å². The molecule has 0 radical (unpaired) electrons. The van der Waals surface area contributed by atoms with Crippen molar-refractivity contribution >= 4 is 11.4 Å². The summed E-state index contributed by atoms with van der Waals surface area (Å²) in [5.74, 6) is 0.895. The number of ether oxygens (including phenoxy) is 1. The summed E-state index contributed by atoms with van der Waals surface area (Å²) >= 11 is 0. The molecule has 0 bridgehead atoms. The Morgan fingerprint density at radius 3 is 2.72 bits per heavy atom. The lowest BCUT2D eigenvalue weighted by molar-refractivity contribution is 0.410. The molecule has 0 spiro atoms. The molecule has 2 rings (SSSR count). The van der Waals surface area contributed by atoms with Crippen molar-refractivity contribution in [3.8, 4) is 5.75 Å². The number of hydrogen-bond donors (Lipinski definition) is 2. The maximum Gasteiger partial charge on any atom is 0.123 e. The van der Waals surface area contributed by atoms with Gasteiger partial charge >= 0.3 is 0 Å². The van der Waals surface area contributed by atoms with Crippen LogP contribution in [0.4, 0.5) is 11.4 Å². The first-order valence-corrected chi connectivity index (χ1v) is 5.92. The molecule has 0 saturated heterocycles. The molecule has 0 amide bonds. The van der Waals surface area contributed by atoms with E-state index in [0.29, 0.717) is 6.54 Å². The summed E-state index contributed by atoms with van der Waals surface area (Å²) < 4.78 is 5.32. The average Bonchev–Trinajstić information content (AvgIpc) is 2.40. The van der Waals surface area contributed by atoms with Gasteiger partial charge in [0.2, 0.25) is 0 Å². The predicted molar refractivity (Wildman–Crippen MR) is 75.9 cm³/mol. The molecule has 2 aromatic rings. The van der Waals surface area contributed by atoms with Crippen molar-refractivity contribution in [1.82, 2.24) is 0 Å². The maximum atomic E-state index is 5.79. The molecule has 0 aliphatic rings. The van der Waals surface area contributed by atoms with Crippen LogP contribution < -0.4 is 15.8 Å². The third kappa shape index (κ3) is 2.74. The molecule has 3 N–H and O–H groups in total. The third-order valence-corrected chi connectivity index (χ3v) is 2.92. The van der Waals surface area contributed by atoms with Crippen LogP contribution in [0.1, 0.15) is 11.1 Å². The van der Waals surface area contributed by atoms with Gasteiger partial charge < -0.3 is 15.8 Å². The summed E-state index contributed by atoms with van der Waals surface area (Å²) in [6, 6.07) is 13.9. The minimum Gasteiger partial charge on any atom is -0.496 e. The van der Waals surface area contributed by atoms with Gasteiger partial charge in [-0.1, -0.05) is 24.3 Å².